The Morgan fingerprint density at radius 2 is 1.77 bits per heavy atom. The number of amides is 3. The lowest BCUT2D eigenvalue weighted by Crippen LogP contribution is -2.50. The van der Waals surface area contributed by atoms with Crippen molar-refractivity contribution in [3.8, 4) is 5.75 Å². The number of nitrogens with one attached hydrogen (secondary N) is 2. The Morgan fingerprint density at radius 3 is 2.45 bits per heavy atom. The molecule has 7 nitrogen and oxygen atoms in total. The van der Waals surface area contributed by atoms with Gasteiger partial charge in [-0.25, -0.2) is 9.18 Å². The molecular formula is C23H29FN4O3. The normalized spacial score (nSPS) is 14.8. The zero-order valence-electron chi connectivity index (χ0n) is 18.2. The molecule has 3 amide bonds. The van der Waals surface area contributed by atoms with E-state index in [1.165, 1.54) is 13.2 Å². The van der Waals surface area contributed by atoms with Crippen LogP contribution in [0.1, 0.15) is 16.7 Å². The van der Waals surface area contributed by atoms with Crippen molar-refractivity contribution in [2.45, 2.75) is 20.4 Å². The molecule has 2 aromatic rings. The smallest absolute Gasteiger partial charge is 0.325 e. The summed E-state index contributed by atoms with van der Waals surface area (Å²) in [5, 5.41) is 5.12. The van der Waals surface area contributed by atoms with Crippen molar-refractivity contribution in [2.24, 2.45) is 0 Å². The van der Waals surface area contributed by atoms with E-state index in [0.29, 0.717) is 25.3 Å². The van der Waals surface area contributed by atoms with Crippen molar-refractivity contribution >= 4 is 17.6 Å². The van der Waals surface area contributed by atoms with Crippen LogP contribution in [-0.2, 0) is 11.3 Å². The molecule has 0 aromatic heterocycles. The molecule has 1 heterocycles. The van der Waals surface area contributed by atoms with Crippen LogP contribution in [0.25, 0.3) is 0 Å². The molecule has 0 bridgehead atoms. The van der Waals surface area contributed by atoms with Crippen LogP contribution in [0.15, 0.2) is 36.4 Å². The van der Waals surface area contributed by atoms with Crippen molar-refractivity contribution < 1.29 is 18.7 Å². The standard InChI is InChI=1S/C23H29FN4O3/c1-16-5-4-6-20(17(16)2)25-23(30)26-22(29)15-28-11-9-27(10-12-28)14-18-7-8-21(31-3)19(24)13-18/h4-8,13H,9-12,14-15H2,1-3H3,(H2,25,26,29,30). The lowest BCUT2D eigenvalue weighted by Gasteiger charge is -2.34. The highest BCUT2D eigenvalue weighted by Crippen LogP contribution is 2.19. The monoisotopic (exact) mass is 428 g/mol. The molecule has 0 spiro atoms. The fourth-order valence-corrected chi connectivity index (χ4v) is 3.58. The second kappa shape index (κ2) is 10.4. The van der Waals surface area contributed by atoms with Crippen LogP contribution in [-0.4, -0.2) is 61.6 Å². The second-order valence-electron chi connectivity index (χ2n) is 7.77. The van der Waals surface area contributed by atoms with Crippen LogP contribution in [0.3, 0.4) is 0 Å². The van der Waals surface area contributed by atoms with Crippen LogP contribution in [0.2, 0.25) is 0 Å². The van der Waals surface area contributed by atoms with Gasteiger partial charge in [-0.15, -0.1) is 0 Å². The Hall–Kier alpha value is -2.97. The van der Waals surface area contributed by atoms with E-state index in [9.17, 15) is 14.0 Å². The molecule has 0 atom stereocenters. The average Bonchev–Trinajstić information content (AvgIpc) is 2.73. The zero-order valence-corrected chi connectivity index (χ0v) is 18.2. The summed E-state index contributed by atoms with van der Waals surface area (Å²) in [4.78, 5) is 28.6. The maximum absolute atomic E-state index is 13.9. The minimum atomic E-state index is -0.529. The molecule has 1 aliphatic heterocycles. The molecule has 2 N–H and O–H groups in total. The molecule has 0 aliphatic carbocycles. The highest BCUT2D eigenvalue weighted by molar-refractivity contribution is 6.02. The lowest BCUT2D eigenvalue weighted by atomic mass is 10.1. The van der Waals surface area contributed by atoms with Crippen LogP contribution in [0, 0.1) is 19.7 Å². The largest absolute Gasteiger partial charge is 0.494 e. The molecule has 8 heteroatoms. The molecular weight excluding hydrogens is 399 g/mol. The number of hydrogen-bond acceptors (Lipinski definition) is 5. The molecule has 2 aromatic carbocycles. The fraction of sp³-hybridized carbons (Fsp3) is 0.391. The van der Waals surface area contributed by atoms with Gasteiger partial charge in [0.05, 0.1) is 13.7 Å². The van der Waals surface area contributed by atoms with Crippen molar-refractivity contribution in [3.05, 3.63) is 58.9 Å². The van der Waals surface area contributed by atoms with E-state index >= 15 is 0 Å². The molecule has 0 radical (unpaired) electrons. The van der Waals surface area contributed by atoms with Crippen LogP contribution in [0.4, 0.5) is 14.9 Å². The van der Waals surface area contributed by atoms with Crippen LogP contribution < -0.4 is 15.4 Å². The molecule has 0 unspecified atom stereocenters. The Kier molecular flexibility index (Phi) is 7.59. The first kappa shape index (κ1) is 22.7. The third-order valence-electron chi connectivity index (χ3n) is 5.56. The summed E-state index contributed by atoms with van der Waals surface area (Å²) < 4.78 is 18.8. The lowest BCUT2D eigenvalue weighted by molar-refractivity contribution is -0.121. The number of imide groups is 1. The van der Waals surface area contributed by atoms with Gasteiger partial charge in [0.1, 0.15) is 0 Å². The van der Waals surface area contributed by atoms with Gasteiger partial charge >= 0.3 is 6.03 Å². The van der Waals surface area contributed by atoms with E-state index < -0.39 is 6.03 Å². The molecule has 3 rings (SSSR count). The number of carbonyl (C=O) groups is 2. The summed E-state index contributed by atoms with van der Waals surface area (Å²) >= 11 is 0. The average molecular weight is 429 g/mol. The van der Waals surface area contributed by atoms with E-state index in [4.69, 9.17) is 4.74 Å². The molecule has 1 fully saturated rings. The number of ether oxygens (including phenoxy) is 1. The van der Waals surface area contributed by atoms with E-state index in [1.807, 2.05) is 36.9 Å². The SMILES string of the molecule is COc1ccc(CN2CCN(CC(=O)NC(=O)Nc3cccc(C)c3C)CC2)cc1F. The molecule has 1 saturated heterocycles. The summed E-state index contributed by atoms with van der Waals surface area (Å²) in [5.41, 5.74) is 3.61. The number of nitrogens with zero attached hydrogens (tertiary/aromatic N) is 2. The summed E-state index contributed by atoms with van der Waals surface area (Å²) in [7, 11) is 1.45. The first-order valence-corrected chi connectivity index (χ1v) is 10.3. The quantitative estimate of drug-likeness (QED) is 0.740. The number of urea groups is 1. The van der Waals surface area contributed by atoms with E-state index in [0.717, 1.165) is 29.8 Å². The van der Waals surface area contributed by atoms with Gasteiger partial charge in [-0.3, -0.25) is 19.9 Å². The minimum Gasteiger partial charge on any atom is -0.494 e. The zero-order chi connectivity index (χ0) is 22.4. The number of rotatable bonds is 6. The number of piperazine rings is 1. The summed E-state index contributed by atoms with van der Waals surface area (Å²) in [6, 6.07) is 10.1. The van der Waals surface area contributed by atoms with Gasteiger partial charge in [-0.1, -0.05) is 18.2 Å². The van der Waals surface area contributed by atoms with E-state index in [2.05, 4.69) is 15.5 Å². The van der Waals surface area contributed by atoms with Crippen LogP contribution in [0.5, 0.6) is 5.75 Å². The van der Waals surface area contributed by atoms with Crippen molar-refractivity contribution in [1.82, 2.24) is 15.1 Å². The van der Waals surface area contributed by atoms with Gasteiger partial charge in [0, 0.05) is 38.4 Å². The second-order valence-corrected chi connectivity index (χ2v) is 7.77. The number of aryl methyl sites for hydroxylation is 1. The summed E-state index contributed by atoms with van der Waals surface area (Å²) in [6.45, 7) is 7.60. The fourth-order valence-electron chi connectivity index (χ4n) is 3.58. The van der Waals surface area contributed by atoms with E-state index in [1.54, 1.807) is 12.1 Å². The maximum atomic E-state index is 13.9. The molecule has 1 aliphatic rings. The number of methoxy groups -OCH3 is 1. The third-order valence-corrected chi connectivity index (χ3v) is 5.56. The predicted molar refractivity (Wildman–Crippen MR) is 118 cm³/mol. The molecule has 0 saturated carbocycles. The summed E-state index contributed by atoms with van der Waals surface area (Å²) in [5.74, 6) is -0.468. The molecule has 166 valence electrons. The first-order valence-electron chi connectivity index (χ1n) is 10.3. The topological polar surface area (TPSA) is 73.9 Å². The van der Waals surface area contributed by atoms with Gasteiger partial charge in [0.15, 0.2) is 11.6 Å². The summed E-state index contributed by atoms with van der Waals surface area (Å²) in [6.07, 6.45) is 0. The van der Waals surface area contributed by atoms with Crippen molar-refractivity contribution in [2.75, 3.05) is 45.2 Å². The Morgan fingerprint density at radius 1 is 1.06 bits per heavy atom. The number of halogens is 1. The van der Waals surface area contributed by atoms with Gasteiger partial charge in [0.25, 0.3) is 0 Å². The van der Waals surface area contributed by atoms with E-state index in [-0.39, 0.29) is 24.0 Å². The van der Waals surface area contributed by atoms with Crippen molar-refractivity contribution in [1.29, 1.82) is 0 Å². The van der Waals surface area contributed by atoms with Gasteiger partial charge in [-0.05, 0) is 48.7 Å². The Balaban J connectivity index is 1.42. The maximum Gasteiger partial charge on any atom is 0.325 e. The predicted octanol–water partition coefficient (Wildman–Crippen LogP) is 2.92. The van der Waals surface area contributed by atoms with Crippen molar-refractivity contribution in [3.63, 3.8) is 0 Å². The third kappa shape index (κ3) is 6.26. The minimum absolute atomic E-state index is 0.158. The Bertz CT molecular complexity index is 942. The number of carbonyl (C=O) groups excluding carboxylic acids is 2. The first-order chi connectivity index (χ1) is 14.9. The Labute approximate surface area is 182 Å². The number of benzene rings is 2. The highest BCUT2D eigenvalue weighted by Gasteiger charge is 2.20. The van der Waals surface area contributed by atoms with Gasteiger partial charge in [0.2, 0.25) is 5.91 Å². The molecule has 31 heavy (non-hydrogen) atoms. The number of hydrogen-bond donors (Lipinski definition) is 2. The van der Waals surface area contributed by atoms with Crippen LogP contribution >= 0.6 is 0 Å². The number of anilines is 1. The van der Waals surface area contributed by atoms with Gasteiger partial charge < -0.3 is 10.1 Å². The van der Waals surface area contributed by atoms with Gasteiger partial charge in [-0.2, -0.15) is 0 Å². The highest BCUT2D eigenvalue weighted by atomic mass is 19.1.